The van der Waals surface area contributed by atoms with Gasteiger partial charge in [0, 0.05) is 11.2 Å². The Morgan fingerprint density at radius 2 is 2.04 bits per heavy atom. The summed E-state index contributed by atoms with van der Waals surface area (Å²) < 4.78 is 6.88. The number of carbonyl (C=O) groups is 1. The summed E-state index contributed by atoms with van der Waals surface area (Å²) in [6, 6.07) is 16.2. The Hall–Kier alpha value is -3.65. The van der Waals surface area contributed by atoms with Gasteiger partial charge in [-0.1, -0.05) is 29.8 Å². The first-order valence-corrected chi connectivity index (χ1v) is 8.70. The number of para-hydroxylation sites is 1. The number of nitrogens with zero attached hydrogens (tertiary/aromatic N) is 4. The van der Waals surface area contributed by atoms with E-state index in [1.807, 2.05) is 36.4 Å². The molecule has 0 bridgehead atoms. The Morgan fingerprint density at radius 1 is 1.18 bits per heavy atom. The van der Waals surface area contributed by atoms with Crippen molar-refractivity contribution < 1.29 is 9.53 Å². The van der Waals surface area contributed by atoms with Gasteiger partial charge in [0.05, 0.1) is 18.4 Å². The highest BCUT2D eigenvalue weighted by atomic mass is 35.5. The van der Waals surface area contributed by atoms with E-state index in [-0.39, 0.29) is 11.6 Å². The SMILES string of the molecule is COc1ccccc1-c1nc(NC(=O)c2ccn(-c3cccc(Cl)c3)n2)n[nH]1. The van der Waals surface area contributed by atoms with Gasteiger partial charge in [0.15, 0.2) is 11.5 Å². The van der Waals surface area contributed by atoms with Crippen LogP contribution in [0.4, 0.5) is 5.95 Å². The van der Waals surface area contributed by atoms with Crippen molar-refractivity contribution in [1.29, 1.82) is 0 Å². The monoisotopic (exact) mass is 394 g/mol. The number of nitrogens with one attached hydrogen (secondary N) is 2. The standard InChI is InChI=1S/C19H15ClN6O2/c1-28-16-8-3-2-7-14(16)17-21-19(24-23-17)22-18(27)15-9-10-26(25-15)13-6-4-5-12(20)11-13/h2-11H,1H3,(H2,21,22,23,24,27). The molecule has 2 heterocycles. The molecule has 0 saturated carbocycles. The second kappa shape index (κ2) is 7.53. The van der Waals surface area contributed by atoms with E-state index >= 15 is 0 Å². The van der Waals surface area contributed by atoms with Crippen molar-refractivity contribution in [3.63, 3.8) is 0 Å². The minimum Gasteiger partial charge on any atom is -0.496 e. The Morgan fingerprint density at radius 3 is 2.86 bits per heavy atom. The highest BCUT2D eigenvalue weighted by molar-refractivity contribution is 6.30. The van der Waals surface area contributed by atoms with Crippen LogP contribution in [0.3, 0.4) is 0 Å². The van der Waals surface area contributed by atoms with Crippen LogP contribution in [-0.2, 0) is 0 Å². The number of carbonyl (C=O) groups excluding carboxylic acids is 1. The number of methoxy groups -OCH3 is 1. The predicted molar refractivity (Wildman–Crippen MR) is 105 cm³/mol. The molecule has 0 atom stereocenters. The normalized spacial score (nSPS) is 10.6. The highest BCUT2D eigenvalue weighted by Crippen LogP contribution is 2.27. The summed E-state index contributed by atoms with van der Waals surface area (Å²) in [5.74, 6) is 0.851. The fourth-order valence-corrected chi connectivity index (χ4v) is 2.84. The van der Waals surface area contributed by atoms with Crippen molar-refractivity contribution >= 4 is 23.5 Å². The fraction of sp³-hybridized carbons (Fsp3) is 0.0526. The average molecular weight is 395 g/mol. The molecule has 0 spiro atoms. The predicted octanol–water partition coefficient (Wildman–Crippen LogP) is 3.57. The molecule has 0 unspecified atom stereocenters. The maximum atomic E-state index is 12.5. The number of amides is 1. The van der Waals surface area contributed by atoms with Crippen molar-refractivity contribution in [1.82, 2.24) is 25.0 Å². The molecule has 2 aromatic carbocycles. The van der Waals surface area contributed by atoms with Gasteiger partial charge >= 0.3 is 0 Å². The molecule has 9 heteroatoms. The molecule has 0 fully saturated rings. The van der Waals surface area contributed by atoms with Crippen molar-refractivity contribution in [2.24, 2.45) is 0 Å². The number of aromatic nitrogens is 5. The summed E-state index contributed by atoms with van der Waals surface area (Å²) >= 11 is 6.00. The third-order valence-corrected chi connectivity index (χ3v) is 4.20. The van der Waals surface area contributed by atoms with Crippen LogP contribution in [0.5, 0.6) is 5.75 Å². The Bertz CT molecular complexity index is 1140. The van der Waals surface area contributed by atoms with Crippen LogP contribution in [0, 0.1) is 0 Å². The number of rotatable bonds is 5. The number of hydrogen-bond donors (Lipinski definition) is 2. The number of H-pyrrole nitrogens is 1. The Labute approximate surface area is 165 Å². The molecule has 2 N–H and O–H groups in total. The maximum Gasteiger partial charge on any atom is 0.278 e. The first kappa shape index (κ1) is 17.7. The zero-order chi connectivity index (χ0) is 19.5. The van der Waals surface area contributed by atoms with Crippen LogP contribution in [0.1, 0.15) is 10.5 Å². The topological polar surface area (TPSA) is 97.7 Å². The van der Waals surface area contributed by atoms with E-state index < -0.39 is 5.91 Å². The van der Waals surface area contributed by atoms with Gasteiger partial charge in [-0.05, 0) is 36.4 Å². The Balaban J connectivity index is 1.51. The van der Waals surface area contributed by atoms with E-state index in [0.717, 1.165) is 11.3 Å². The Kier molecular flexibility index (Phi) is 4.77. The van der Waals surface area contributed by atoms with E-state index in [2.05, 4.69) is 25.6 Å². The molecule has 0 aliphatic carbocycles. The molecular weight excluding hydrogens is 380 g/mol. The van der Waals surface area contributed by atoms with Crippen LogP contribution >= 0.6 is 11.6 Å². The fourth-order valence-electron chi connectivity index (χ4n) is 2.65. The van der Waals surface area contributed by atoms with Gasteiger partial charge in [0.25, 0.3) is 5.91 Å². The van der Waals surface area contributed by atoms with E-state index in [1.165, 1.54) is 0 Å². The van der Waals surface area contributed by atoms with Crippen molar-refractivity contribution in [2.75, 3.05) is 12.4 Å². The lowest BCUT2D eigenvalue weighted by Gasteiger charge is -2.04. The lowest BCUT2D eigenvalue weighted by Crippen LogP contribution is -2.14. The molecule has 0 saturated heterocycles. The first-order chi connectivity index (χ1) is 13.6. The third-order valence-electron chi connectivity index (χ3n) is 3.97. The van der Waals surface area contributed by atoms with Gasteiger partial charge in [-0.15, -0.1) is 5.10 Å². The largest absolute Gasteiger partial charge is 0.496 e. The van der Waals surface area contributed by atoms with E-state index in [1.54, 1.807) is 36.2 Å². The van der Waals surface area contributed by atoms with Crippen molar-refractivity contribution in [3.8, 4) is 22.8 Å². The summed E-state index contributed by atoms with van der Waals surface area (Å²) in [4.78, 5) is 16.8. The molecule has 140 valence electrons. The molecule has 0 aliphatic heterocycles. The summed E-state index contributed by atoms with van der Waals surface area (Å²) in [7, 11) is 1.58. The van der Waals surface area contributed by atoms with Crippen LogP contribution in [0.15, 0.2) is 60.8 Å². The summed E-state index contributed by atoms with van der Waals surface area (Å²) in [6.45, 7) is 0. The second-order valence-corrected chi connectivity index (χ2v) is 6.22. The zero-order valence-electron chi connectivity index (χ0n) is 14.8. The zero-order valence-corrected chi connectivity index (χ0v) is 15.5. The van der Waals surface area contributed by atoms with Gasteiger partial charge in [0.2, 0.25) is 5.95 Å². The molecule has 2 aromatic heterocycles. The molecule has 0 aliphatic rings. The summed E-state index contributed by atoms with van der Waals surface area (Å²) in [5.41, 5.74) is 1.72. The first-order valence-electron chi connectivity index (χ1n) is 8.33. The van der Waals surface area contributed by atoms with Crippen LogP contribution in [-0.4, -0.2) is 38.0 Å². The summed E-state index contributed by atoms with van der Waals surface area (Å²) in [6.07, 6.45) is 1.68. The number of hydrogen-bond acceptors (Lipinski definition) is 5. The molecule has 28 heavy (non-hydrogen) atoms. The lowest BCUT2D eigenvalue weighted by molar-refractivity contribution is 0.102. The van der Waals surface area contributed by atoms with Crippen LogP contribution in [0.2, 0.25) is 5.02 Å². The molecule has 8 nitrogen and oxygen atoms in total. The number of aromatic amines is 1. The van der Waals surface area contributed by atoms with Gasteiger partial charge in [-0.2, -0.15) is 10.1 Å². The molecule has 4 rings (SSSR count). The van der Waals surface area contributed by atoms with Crippen LogP contribution in [0.25, 0.3) is 17.1 Å². The molecular formula is C19H15ClN6O2. The van der Waals surface area contributed by atoms with E-state index in [0.29, 0.717) is 16.6 Å². The minimum atomic E-state index is -0.425. The van der Waals surface area contributed by atoms with Gasteiger partial charge in [0.1, 0.15) is 5.75 Å². The molecule has 1 amide bonds. The number of halogens is 1. The van der Waals surface area contributed by atoms with Gasteiger partial charge in [-0.3, -0.25) is 15.2 Å². The van der Waals surface area contributed by atoms with E-state index in [9.17, 15) is 4.79 Å². The summed E-state index contributed by atoms with van der Waals surface area (Å²) in [5, 5.41) is 14.3. The quantitative estimate of drug-likeness (QED) is 0.539. The molecule has 4 aromatic rings. The van der Waals surface area contributed by atoms with Crippen molar-refractivity contribution in [3.05, 3.63) is 71.5 Å². The number of anilines is 1. The van der Waals surface area contributed by atoms with E-state index in [4.69, 9.17) is 16.3 Å². The minimum absolute atomic E-state index is 0.142. The smallest absolute Gasteiger partial charge is 0.278 e. The van der Waals surface area contributed by atoms with Crippen molar-refractivity contribution in [2.45, 2.75) is 0 Å². The highest BCUT2D eigenvalue weighted by Gasteiger charge is 2.15. The number of benzene rings is 2. The average Bonchev–Trinajstić information content (AvgIpc) is 3.38. The van der Waals surface area contributed by atoms with Gasteiger partial charge in [-0.25, -0.2) is 4.68 Å². The number of ether oxygens (including phenoxy) is 1. The van der Waals surface area contributed by atoms with Gasteiger partial charge < -0.3 is 4.74 Å². The maximum absolute atomic E-state index is 12.5. The second-order valence-electron chi connectivity index (χ2n) is 5.79. The van der Waals surface area contributed by atoms with Crippen LogP contribution < -0.4 is 10.1 Å². The molecule has 0 radical (unpaired) electrons. The third kappa shape index (κ3) is 3.58. The lowest BCUT2D eigenvalue weighted by atomic mass is 10.2.